The molecule has 0 spiro atoms. The average molecular weight is 198 g/mol. The smallest absolute Gasteiger partial charge is 0.328 e. The maximum atomic E-state index is 10.3. The topological polar surface area (TPSA) is 66.6 Å². The summed E-state index contributed by atoms with van der Waals surface area (Å²) in [6.45, 7) is 2.11. The molecule has 0 aromatic rings. The van der Waals surface area contributed by atoms with Gasteiger partial charge in [0.1, 0.15) is 0 Å². The summed E-state index contributed by atoms with van der Waals surface area (Å²) >= 11 is 0. The number of nitrogens with zero attached hydrogens (tertiary/aromatic N) is 1. The Morgan fingerprint density at radius 1 is 1.57 bits per heavy atom. The number of carboxylic acids is 1. The molecule has 1 atom stereocenters. The van der Waals surface area contributed by atoms with Crippen LogP contribution in [-0.2, 0) is 4.79 Å². The molecule has 1 rings (SSSR count). The number of carbonyl (C=O) groups is 1. The summed E-state index contributed by atoms with van der Waals surface area (Å²) in [5, 5.41) is 8.45. The lowest BCUT2D eigenvalue weighted by molar-refractivity contribution is -0.131. The molecule has 1 aliphatic heterocycles. The number of piperidine rings is 1. The zero-order valence-electron chi connectivity index (χ0n) is 8.52. The van der Waals surface area contributed by atoms with Gasteiger partial charge in [-0.1, -0.05) is 6.08 Å². The Kier molecular flexibility index (Phi) is 4.10. The van der Waals surface area contributed by atoms with Gasteiger partial charge in [-0.2, -0.15) is 0 Å². The Morgan fingerprint density at radius 3 is 2.64 bits per heavy atom. The SMILES string of the molecule is CN1CCC(C(N)/C=C/C(=O)O)CC1. The van der Waals surface area contributed by atoms with Gasteiger partial charge in [0.05, 0.1) is 0 Å². The highest BCUT2D eigenvalue weighted by Crippen LogP contribution is 2.19. The number of aliphatic carboxylic acids is 1. The Morgan fingerprint density at radius 2 is 2.14 bits per heavy atom. The molecule has 3 N–H and O–H groups in total. The second-order valence-corrected chi connectivity index (χ2v) is 3.92. The standard InChI is InChI=1S/C10H18N2O2/c1-12-6-4-8(5-7-12)9(11)2-3-10(13)14/h2-3,8-9H,4-7,11H2,1H3,(H,13,14)/b3-2+. The van der Waals surface area contributed by atoms with E-state index in [0.29, 0.717) is 5.92 Å². The van der Waals surface area contributed by atoms with Crippen LogP contribution in [0.15, 0.2) is 12.2 Å². The van der Waals surface area contributed by atoms with E-state index in [-0.39, 0.29) is 6.04 Å². The number of likely N-dealkylation sites (tertiary alicyclic amines) is 1. The monoisotopic (exact) mass is 198 g/mol. The predicted molar refractivity (Wildman–Crippen MR) is 55.0 cm³/mol. The van der Waals surface area contributed by atoms with Crippen molar-refractivity contribution in [2.75, 3.05) is 20.1 Å². The second kappa shape index (κ2) is 5.12. The average Bonchev–Trinajstić information content (AvgIpc) is 2.15. The fourth-order valence-electron chi connectivity index (χ4n) is 1.76. The van der Waals surface area contributed by atoms with Crippen LogP contribution >= 0.6 is 0 Å². The van der Waals surface area contributed by atoms with Crippen LogP contribution in [0.25, 0.3) is 0 Å². The predicted octanol–water partition coefficient (Wildman–Crippen LogP) is 0.296. The minimum atomic E-state index is -0.923. The number of hydrogen-bond donors (Lipinski definition) is 2. The van der Waals surface area contributed by atoms with Crippen LogP contribution in [0.1, 0.15) is 12.8 Å². The van der Waals surface area contributed by atoms with Crippen LogP contribution in [0.5, 0.6) is 0 Å². The van der Waals surface area contributed by atoms with Crippen molar-refractivity contribution in [3.05, 3.63) is 12.2 Å². The Balaban J connectivity index is 2.37. The van der Waals surface area contributed by atoms with Crippen molar-refractivity contribution in [2.45, 2.75) is 18.9 Å². The van der Waals surface area contributed by atoms with Crippen molar-refractivity contribution in [1.29, 1.82) is 0 Å². The molecule has 0 amide bonds. The van der Waals surface area contributed by atoms with E-state index in [0.717, 1.165) is 32.0 Å². The van der Waals surface area contributed by atoms with E-state index >= 15 is 0 Å². The van der Waals surface area contributed by atoms with Crippen LogP contribution < -0.4 is 5.73 Å². The van der Waals surface area contributed by atoms with Gasteiger partial charge in [-0.15, -0.1) is 0 Å². The molecule has 80 valence electrons. The maximum Gasteiger partial charge on any atom is 0.328 e. The highest BCUT2D eigenvalue weighted by atomic mass is 16.4. The first-order chi connectivity index (χ1) is 6.59. The van der Waals surface area contributed by atoms with Gasteiger partial charge < -0.3 is 15.7 Å². The van der Waals surface area contributed by atoms with E-state index < -0.39 is 5.97 Å². The number of nitrogens with two attached hydrogens (primary N) is 1. The van der Waals surface area contributed by atoms with Crippen molar-refractivity contribution in [3.63, 3.8) is 0 Å². The first kappa shape index (κ1) is 11.2. The van der Waals surface area contributed by atoms with Gasteiger partial charge in [0, 0.05) is 12.1 Å². The lowest BCUT2D eigenvalue weighted by Gasteiger charge is -2.31. The van der Waals surface area contributed by atoms with Crippen molar-refractivity contribution in [1.82, 2.24) is 4.90 Å². The van der Waals surface area contributed by atoms with Gasteiger partial charge in [0.15, 0.2) is 0 Å². The lowest BCUT2D eigenvalue weighted by Crippen LogP contribution is -2.38. The molecule has 1 heterocycles. The fraction of sp³-hybridized carbons (Fsp3) is 0.700. The minimum Gasteiger partial charge on any atom is -0.478 e. The van der Waals surface area contributed by atoms with Gasteiger partial charge >= 0.3 is 5.97 Å². The lowest BCUT2D eigenvalue weighted by atomic mass is 9.90. The van der Waals surface area contributed by atoms with E-state index in [1.54, 1.807) is 6.08 Å². The van der Waals surface area contributed by atoms with E-state index in [2.05, 4.69) is 11.9 Å². The summed E-state index contributed by atoms with van der Waals surface area (Å²) < 4.78 is 0. The summed E-state index contributed by atoms with van der Waals surface area (Å²) in [5.41, 5.74) is 5.87. The molecule has 14 heavy (non-hydrogen) atoms. The summed E-state index contributed by atoms with van der Waals surface area (Å²) in [7, 11) is 2.09. The number of hydrogen-bond acceptors (Lipinski definition) is 3. The second-order valence-electron chi connectivity index (χ2n) is 3.92. The molecular weight excluding hydrogens is 180 g/mol. The zero-order valence-corrected chi connectivity index (χ0v) is 8.52. The van der Waals surface area contributed by atoms with Gasteiger partial charge in [-0.3, -0.25) is 0 Å². The molecular formula is C10H18N2O2. The summed E-state index contributed by atoms with van der Waals surface area (Å²) in [6, 6.07) is -0.111. The molecule has 0 radical (unpaired) electrons. The first-order valence-corrected chi connectivity index (χ1v) is 4.95. The molecule has 0 aromatic heterocycles. The van der Waals surface area contributed by atoms with Crippen LogP contribution in [0.4, 0.5) is 0 Å². The van der Waals surface area contributed by atoms with Crippen molar-refractivity contribution < 1.29 is 9.90 Å². The van der Waals surface area contributed by atoms with Crippen molar-refractivity contribution in [3.8, 4) is 0 Å². The quantitative estimate of drug-likeness (QED) is 0.640. The largest absolute Gasteiger partial charge is 0.478 e. The number of rotatable bonds is 3. The highest BCUT2D eigenvalue weighted by Gasteiger charge is 2.20. The molecule has 1 aliphatic rings. The van der Waals surface area contributed by atoms with Crippen LogP contribution in [-0.4, -0.2) is 42.2 Å². The molecule has 1 unspecified atom stereocenters. The molecule has 1 saturated heterocycles. The van der Waals surface area contributed by atoms with E-state index in [1.807, 2.05) is 0 Å². The Hall–Kier alpha value is -0.870. The van der Waals surface area contributed by atoms with Crippen LogP contribution in [0, 0.1) is 5.92 Å². The van der Waals surface area contributed by atoms with Crippen molar-refractivity contribution in [2.24, 2.45) is 11.7 Å². The molecule has 0 bridgehead atoms. The molecule has 0 aromatic carbocycles. The van der Waals surface area contributed by atoms with Crippen LogP contribution in [0.2, 0.25) is 0 Å². The Labute approximate surface area is 84.4 Å². The maximum absolute atomic E-state index is 10.3. The highest BCUT2D eigenvalue weighted by molar-refractivity contribution is 5.79. The third-order valence-corrected chi connectivity index (χ3v) is 2.77. The zero-order chi connectivity index (χ0) is 10.6. The number of carboxylic acid groups (broad SMARTS) is 1. The van der Waals surface area contributed by atoms with E-state index in [4.69, 9.17) is 10.8 Å². The van der Waals surface area contributed by atoms with Crippen molar-refractivity contribution >= 4 is 5.97 Å². The molecule has 0 saturated carbocycles. The molecule has 4 heteroatoms. The van der Waals surface area contributed by atoms with Gasteiger partial charge in [0.2, 0.25) is 0 Å². The third-order valence-electron chi connectivity index (χ3n) is 2.77. The van der Waals surface area contributed by atoms with Gasteiger partial charge in [0.25, 0.3) is 0 Å². The normalized spacial score (nSPS) is 22.7. The molecule has 4 nitrogen and oxygen atoms in total. The molecule has 1 fully saturated rings. The van der Waals surface area contributed by atoms with E-state index in [9.17, 15) is 4.79 Å². The summed E-state index contributed by atoms with van der Waals surface area (Å²) in [4.78, 5) is 12.6. The fourth-order valence-corrected chi connectivity index (χ4v) is 1.76. The summed E-state index contributed by atoms with van der Waals surface area (Å²) in [6.07, 6.45) is 4.85. The third kappa shape index (κ3) is 3.47. The van der Waals surface area contributed by atoms with E-state index in [1.165, 1.54) is 0 Å². The van der Waals surface area contributed by atoms with Crippen LogP contribution in [0.3, 0.4) is 0 Å². The van der Waals surface area contributed by atoms with Gasteiger partial charge in [-0.05, 0) is 38.9 Å². The summed E-state index contributed by atoms with van der Waals surface area (Å²) in [5.74, 6) is -0.491. The minimum absolute atomic E-state index is 0.111. The van der Waals surface area contributed by atoms with Gasteiger partial charge in [-0.25, -0.2) is 4.79 Å². The molecule has 0 aliphatic carbocycles. The first-order valence-electron chi connectivity index (χ1n) is 4.95. The Bertz CT molecular complexity index is 220.